The fourth-order valence-corrected chi connectivity index (χ4v) is 2.11. The number of rotatable bonds is 8. The summed E-state index contributed by atoms with van der Waals surface area (Å²) in [5, 5.41) is 12.4. The van der Waals surface area contributed by atoms with E-state index in [1.54, 1.807) is 19.1 Å². The lowest BCUT2D eigenvalue weighted by molar-refractivity contribution is -0.144. The fourth-order valence-electron chi connectivity index (χ4n) is 2.11. The summed E-state index contributed by atoms with van der Waals surface area (Å²) in [7, 11) is 0. The Morgan fingerprint density at radius 2 is 1.90 bits per heavy atom. The largest absolute Gasteiger partial charge is 0.480 e. The highest BCUT2D eigenvalue weighted by atomic mass is 19.3. The molecule has 0 aliphatic carbocycles. The monoisotopic (exact) mass is 301 g/mol. The molecule has 0 spiro atoms. The van der Waals surface area contributed by atoms with Gasteiger partial charge in [-0.05, 0) is 51.3 Å². The van der Waals surface area contributed by atoms with Crippen LogP contribution in [0.2, 0.25) is 0 Å². The van der Waals surface area contributed by atoms with Crippen molar-refractivity contribution in [2.45, 2.75) is 51.8 Å². The minimum atomic E-state index is -2.85. The van der Waals surface area contributed by atoms with Gasteiger partial charge in [-0.1, -0.05) is 12.1 Å². The van der Waals surface area contributed by atoms with Crippen molar-refractivity contribution in [3.8, 4) is 5.75 Å². The molecule has 21 heavy (non-hydrogen) atoms. The number of aliphatic carboxylic acids is 1. The van der Waals surface area contributed by atoms with Crippen molar-refractivity contribution in [3.63, 3.8) is 0 Å². The predicted molar refractivity (Wildman–Crippen MR) is 75.7 cm³/mol. The van der Waals surface area contributed by atoms with Crippen LogP contribution >= 0.6 is 0 Å². The molecule has 0 saturated heterocycles. The van der Waals surface area contributed by atoms with E-state index in [1.165, 1.54) is 12.1 Å². The van der Waals surface area contributed by atoms with E-state index in [-0.39, 0.29) is 11.8 Å². The molecule has 1 atom stereocenters. The molecule has 0 aromatic heterocycles. The summed E-state index contributed by atoms with van der Waals surface area (Å²) in [6.07, 6.45) is 0.924. The summed E-state index contributed by atoms with van der Waals surface area (Å²) >= 11 is 0. The van der Waals surface area contributed by atoms with Gasteiger partial charge in [0.2, 0.25) is 0 Å². The second-order valence-electron chi connectivity index (χ2n) is 5.46. The van der Waals surface area contributed by atoms with Crippen molar-refractivity contribution in [1.82, 2.24) is 5.32 Å². The average molecular weight is 301 g/mol. The molecule has 0 amide bonds. The smallest absolute Gasteiger partial charge is 0.387 e. The lowest BCUT2D eigenvalue weighted by Crippen LogP contribution is -2.52. The Labute approximate surface area is 123 Å². The number of alkyl halides is 2. The molecule has 4 nitrogen and oxygen atoms in total. The van der Waals surface area contributed by atoms with Gasteiger partial charge >= 0.3 is 12.6 Å². The van der Waals surface area contributed by atoms with Gasteiger partial charge in [0.15, 0.2) is 0 Å². The van der Waals surface area contributed by atoms with Crippen LogP contribution in [0.1, 0.15) is 32.8 Å². The Bertz CT molecular complexity index is 462. The Morgan fingerprint density at radius 3 is 2.33 bits per heavy atom. The fraction of sp³-hybridized carbons (Fsp3) is 0.533. The number of benzene rings is 1. The Hall–Kier alpha value is -1.69. The highest BCUT2D eigenvalue weighted by Gasteiger charge is 2.32. The van der Waals surface area contributed by atoms with E-state index in [9.17, 15) is 18.7 Å². The first-order valence-electron chi connectivity index (χ1n) is 6.78. The molecule has 1 aromatic rings. The van der Waals surface area contributed by atoms with Gasteiger partial charge < -0.3 is 9.84 Å². The molecule has 1 aromatic carbocycles. The summed E-state index contributed by atoms with van der Waals surface area (Å²) in [6, 6.07) is 6.28. The number of hydrogen-bond acceptors (Lipinski definition) is 3. The van der Waals surface area contributed by atoms with E-state index < -0.39 is 18.1 Å². The topological polar surface area (TPSA) is 58.6 Å². The Morgan fingerprint density at radius 1 is 1.33 bits per heavy atom. The normalized spacial score (nSPS) is 14.2. The number of carboxylic acids is 1. The lowest BCUT2D eigenvalue weighted by Gasteiger charge is -2.28. The van der Waals surface area contributed by atoms with Gasteiger partial charge in [0.05, 0.1) is 0 Å². The van der Waals surface area contributed by atoms with Crippen LogP contribution < -0.4 is 10.1 Å². The summed E-state index contributed by atoms with van der Waals surface area (Å²) in [5.74, 6) is -0.816. The van der Waals surface area contributed by atoms with Gasteiger partial charge in [-0.3, -0.25) is 10.1 Å². The molecule has 118 valence electrons. The van der Waals surface area contributed by atoms with Crippen molar-refractivity contribution in [3.05, 3.63) is 29.8 Å². The number of hydrogen-bond donors (Lipinski definition) is 2. The first kappa shape index (κ1) is 17.4. The van der Waals surface area contributed by atoms with Crippen LogP contribution in [-0.2, 0) is 11.2 Å². The zero-order valence-corrected chi connectivity index (χ0v) is 12.4. The molecule has 0 radical (unpaired) electrons. The highest BCUT2D eigenvalue weighted by Crippen LogP contribution is 2.19. The Kier molecular flexibility index (Phi) is 6.08. The maximum absolute atomic E-state index is 12.0. The third-order valence-electron chi connectivity index (χ3n) is 3.14. The SMILES string of the molecule is CC(C)NC(C)(CCc1ccc(OC(F)F)cc1)C(=O)O. The summed E-state index contributed by atoms with van der Waals surface area (Å²) < 4.78 is 28.3. The third-order valence-corrected chi connectivity index (χ3v) is 3.14. The average Bonchev–Trinajstić information content (AvgIpc) is 2.36. The van der Waals surface area contributed by atoms with Crippen LogP contribution in [0, 0.1) is 0 Å². The quantitative estimate of drug-likeness (QED) is 0.775. The second kappa shape index (κ2) is 7.36. The van der Waals surface area contributed by atoms with Crippen molar-refractivity contribution in [2.75, 3.05) is 0 Å². The van der Waals surface area contributed by atoms with Gasteiger partial charge in [0.25, 0.3) is 0 Å². The van der Waals surface area contributed by atoms with Crippen LogP contribution in [0.3, 0.4) is 0 Å². The molecule has 1 unspecified atom stereocenters. The number of ether oxygens (including phenoxy) is 1. The summed E-state index contributed by atoms with van der Waals surface area (Å²) in [5.41, 5.74) is -0.151. The Balaban J connectivity index is 2.66. The third kappa shape index (κ3) is 5.67. The van der Waals surface area contributed by atoms with Crippen molar-refractivity contribution in [2.24, 2.45) is 0 Å². The number of carbonyl (C=O) groups is 1. The molecule has 0 saturated carbocycles. The van der Waals surface area contributed by atoms with Crippen LogP contribution in [0.25, 0.3) is 0 Å². The van der Waals surface area contributed by atoms with Crippen LogP contribution in [-0.4, -0.2) is 29.3 Å². The molecular formula is C15H21F2NO3. The van der Waals surface area contributed by atoms with Crippen LogP contribution in [0.5, 0.6) is 5.75 Å². The zero-order valence-electron chi connectivity index (χ0n) is 12.4. The standard InChI is InChI=1S/C15H21F2NO3/c1-10(2)18-15(3,13(19)20)9-8-11-4-6-12(7-5-11)21-14(16)17/h4-7,10,14,18H,8-9H2,1-3H3,(H,19,20). The zero-order chi connectivity index (χ0) is 16.0. The summed E-state index contributed by atoms with van der Waals surface area (Å²) in [6.45, 7) is 2.57. The van der Waals surface area contributed by atoms with Crippen LogP contribution in [0.15, 0.2) is 24.3 Å². The van der Waals surface area contributed by atoms with Gasteiger partial charge in [-0.15, -0.1) is 0 Å². The maximum Gasteiger partial charge on any atom is 0.387 e. The van der Waals surface area contributed by atoms with E-state index >= 15 is 0 Å². The van der Waals surface area contributed by atoms with Crippen molar-refractivity contribution < 1.29 is 23.4 Å². The second-order valence-corrected chi connectivity index (χ2v) is 5.46. The number of halogens is 2. The minimum Gasteiger partial charge on any atom is -0.480 e. The lowest BCUT2D eigenvalue weighted by atomic mass is 9.92. The van der Waals surface area contributed by atoms with Crippen LogP contribution in [0.4, 0.5) is 8.78 Å². The highest BCUT2D eigenvalue weighted by molar-refractivity contribution is 5.78. The molecule has 2 N–H and O–H groups in total. The predicted octanol–water partition coefficient (Wildman–Crippen LogP) is 3.06. The maximum atomic E-state index is 12.0. The van der Waals surface area contributed by atoms with Crippen molar-refractivity contribution in [1.29, 1.82) is 0 Å². The van der Waals surface area contributed by atoms with E-state index in [0.29, 0.717) is 12.8 Å². The van der Waals surface area contributed by atoms with E-state index in [1.807, 2.05) is 13.8 Å². The molecular weight excluding hydrogens is 280 g/mol. The molecule has 0 aliphatic heterocycles. The van der Waals surface area contributed by atoms with Gasteiger partial charge in [-0.2, -0.15) is 8.78 Å². The molecule has 1 rings (SSSR count). The van der Waals surface area contributed by atoms with E-state index in [2.05, 4.69) is 10.1 Å². The van der Waals surface area contributed by atoms with E-state index in [0.717, 1.165) is 5.56 Å². The first-order valence-corrected chi connectivity index (χ1v) is 6.78. The summed E-state index contributed by atoms with van der Waals surface area (Å²) in [4.78, 5) is 11.4. The number of aryl methyl sites for hydroxylation is 1. The molecule has 0 aliphatic rings. The van der Waals surface area contributed by atoms with E-state index in [4.69, 9.17) is 0 Å². The molecule has 6 heteroatoms. The molecule has 0 fully saturated rings. The van der Waals surface area contributed by atoms with Gasteiger partial charge in [-0.25, -0.2) is 0 Å². The van der Waals surface area contributed by atoms with Crippen molar-refractivity contribution >= 4 is 5.97 Å². The number of carboxylic acid groups (broad SMARTS) is 1. The molecule has 0 bridgehead atoms. The molecule has 0 heterocycles. The minimum absolute atomic E-state index is 0.0490. The van der Waals surface area contributed by atoms with Gasteiger partial charge in [0, 0.05) is 6.04 Å². The first-order chi connectivity index (χ1) is 9.73. The number of nitrogens with one attached hydrogen (secondary N) is 1. The van der Waals surface area contributed by atoms with Gasteiger partial charge in [0.1, 0.15) is 11.3 Å².